The van der Waals surface area contributed by atoms with Crippen LogP contribution in [0.3, 0.4) is 0 Å². The summed E-state index contributed by atoms with van der Waals surface area (Å²) in [7, 11) is 3.43. The molecule has 1 aliphatic rings. The van der Waals surface area contributed by atoms with Gasteiger partial charge >= 0.3 is 5.97 Å². The Hall–Kier alpha value is -0.750. The quantitative estimate of drug-likeness (QED) is 0.774. The first-order valence-electron chi connectivity index (χ1n) is 5.07. The van der Waals surface area contributed by atoms with Crippen molar-refractivity contribution in [2.24, 2.45) is 0 Å². The Morgan fingerprint density at radius 3 is 3.12 bits per heavy atom. The first kappa shape index (κ1) is 11.7. The molecule has 1 saturated heterocycles. The molecule has 0 saturated carbocycles. The van der Waals surface area contributed by atoms with Crippen LogP contribution in [0.25, 0.3) is 0 Å². The van der Waals surface area contributed by atoms with Gasteiger partial charge in [0.2, 0.25) is 0 Å². The molecule has 1 atom stereocenters. The van der Waals surface area contributed by atoms with E-state index in [4.69, 9.17) is 0 Å². The first-order valence-corrected chi connectivity index (χ1v) is 7.04. The first-order chi connectivity index (χ1) is 7.72. The summed E-state index contributed by atoms with van der Waals surface area (Å²) in [5.74, 6) is 2.05. The normalized spacial score (nSPS) is 19.8. The zero-order valence-corrected chi connectivity index (χ0v) is 10.9. The standard InChI is InChI=1S/C10H14N2O2S2/c1-12(7-3-4-15-6-7)10-11-5-8(16-10)9(13)14-2/h5,7H,3-4,6H2,1-2H3. The molecule has 0 amide bonds. The highest BCUT2D eigenvalue weighted by Crippen LogP contribution is 2.29. The average Bonchev–Trinajstić information content (AvgIpc) is 2.97. The third-order valence-electron chi connectivity index (χ3n) is 2.64. The Morgan fingerprint density at radius 1 is 1.69 bits per heavy atom. The van der Waals surface area contributed by atoms with Gasteiger partial charge in [0.05, 0.1) is 13.3 Å². The lowest BCUT2D eigenvalue weighted by Crippen LogP contribution is -2.30. The molecule has 0 bridgehead atoms. The molecule has 6 heteroatoms. The van der Waals surface area contributed by atoms with E-state index in [1.165, 1.54) is 30.6 Å². The molecule has 0 radical (unpaired) electrons. The molecule has 0 N–H and O–H groups in total. The zero-order valence-electron chi connectivity index (χ0n) is 9.30. The summed E-state index contributed by atoms with van der Waals surface area (Å²) >= 11 is 3.36. The molecule has 0 aromatic carbocycles. The van der Waals surface area contributed by atoms with Gasteiger partial charge in [0.15, 0.2) is 5.13 Å². The fourth-order valence-electron chi connectivity index (χ4n) is 1.61. The van der Waals surface area contributed by atoms with Gasteiger partial charge in [0.1, 0.15) is 4.88 Å². The Kier molecular flexibility index (Phi) is 3.70. The maximum absolute atomic E-state index is 11.3. The number of anilines is 1. The fraction of sp³-hybridized carbons (Fsp3) is 0.600. The number of carbonyl (C=O) groups excluding carboxylic acids is 1. The molecule has 1 fully saturated rings. The third kappa shape index (κ3) is 2.32. The maximum Gasteiger partial charge on any atom is 0.349 e. The van der Waals surface area contributed by atoms with E-state index in [9.17, 15) is 4.79 Å². The highest BCUT2D eigenvalue weighted by Gasteiger charge is 2.23. The van der Waals surface area contributed by atoms with Crippen LogP contribution in [0, 0.1) is 0 Å². The zero-order chi connectivity index (χ0) is 11.5. The van der Waals surface area contributed by atoms with E-state index in [0.29, 0.717) is 10.9 Å². The second-order valence-corrected chi connectivity index (χ2v) is 5.79. The Labute approximate surface area is 103 Å². The van der Waals surface area contributed by atoms with Crippen molar-refractivity contribution in [2.45, 2.75) is 12.5 Å². The van der Waals surface area contributed by atoms with Gasteiger partial charge in [-0.3, -0.25) is 0 Å². The Bertz CT molecular complexity index is 375. The predicted octanol–water partition coefficient (Wildman–Crippen LogP) is 1.87. The van der Waals surface area contributed by atoms with Crippen LogP contribution in [-0.4, -0.2) is 42.7 Å². The van der Waals surface area contributed by atoms with Crippen LogP contribution in [-0.2, 0) is 4.74 Å². The number of hydrogen-bond acceptors (Lipinski definition) is 6. The van der Waals surface area contributed by atoms with E-state index in [0.717, 1.165) is 10.9 Å². The van der Waals surface area contributed by atoms with Crippen LogP contribution < -0.4 is 4.90 Å². The molecule has 16 heavy (non-hydrogen) atoms. The number of esters is 1. The van der Waals surface area contributed by atoms with E-state index in [-0.39, 0.29) is 5.97 Å². The van der Waals surface area contributed by atoms with Gasteiger partial charge < -0.3 is 9.64 Å². The van der Waals surface area contributed by atoms with E-state index in [1.807, 2.05) is 18.8 Å². The van der Waals surface area contributed by atoms with Crippen molar-refractivity contribution in [3.8, 4) is 0 Å². The molecule has 2 heterocycles. The summed E-state index contributed by atoms with van der Waals surface area (Å²) in [4.78, 5) is 18.3. The van der Waals surface area contributed by atoms with Gasteiger partial charge in [0, 0.05) is 18.8 Å². The van der Waals surface area contributed by atoms with Crippen molar-refractivity contribution in [3.05, 3.63) is 11.1 Å². The largest absolute Gasteiger partial charge is 0.465 e. The topological polar surface area (TPSA) is 42.4 Å². The average molecular weight is 258 g/mol. The monoisotopic (exact) mass is 258 g/mol. The third-order valence-corrected chi connectivity index (χ3v) is 4.85. The Balaban J connectivity index is 2.08. The number of thioether (sulfide) groups is 1. The van der Waals surface area contributed by atoms with Crippen LogP contribution in [0.5, 0.6) is 0 Å². The van der Waals surface area contributed by atoms with Crippen molar-refractivity contribution in [1.82, 2.24) is 4.98 Å². The smallest absolute Gasteiger partial charge is 0.349 e. The van der Waals surface area contributed by atoms with E-state index in [1.54, 1.807) is 6.20 Å². The second kappa shape index (κ2) is 5.05. The number of thiazole rings is 1. The minimum atomic E-state index is -0.307. The molecule has 2 rings (SSSR count). The van der Waals surface area contributed by atoms with E-state index < -0.39 is 0 Å². The summed E-state index contributed by atoms with van der Waals surface area (Å²) in [6, 6.07) is 0.543. The highest BCUT2D eigenvalue weighted by molar-refractivity contribution is 7.99. The number of carbonyl (C=O) groups is 1. The molecule has 1 aromatic heterocycles. The lowest BCUT2D eigenvalue weighted by molar-refractivity contribution is 0.0606. The van der Waals surface area contributed by atoms with Crippen molar-refractivity contribution in [1.29, 1.82) is 0 Å². The number of hydrogen-bond donors (Lipinski definition) is 0. The van der Waals surface area contributed by atoms with Crippen LogP contribution in [0.4, 0.5) is 5.13 Å². The molecule has 0 aliphatic carbocycles. The summed E-state index contributed by atoms with van der Waals surface area (Å²) in [6.45, 7) is 0. The minimum absolute atomic E-state index is 0.307. The molecular weight excluding hydrogens is 244 g/mol. The number of methoxy groups -OCH3 is 1. The van der Waals surface area contributed by atoms with Crippen LogP contribution in [0.15, 0.2) is 6.20 Å². The van der Waals surface area contributed by atoms with Gasteiger partial charge in [-0.2, -0.15) is 11.8 Å². The summed E-state index contributed by atoms with van der Waals surface area (Å²) in [5.41, 5.74) is 0. The Morgan fingerprint density at radius 2 is 2.50 bits per heavy atom. The number of nitrogens with zero attached hydrogens (tertiary/aromatic N) is 2. The summed E-state index contributed by atoms with van der Waals surface area (Å²) in [6.07, 6.45) is 2.78. The van der Waals surface area contributed by atoms with E-state index in [2.05, 4.69) is 14.6 Å². The lowest BCUT2D eigenvalue weighted by atomic mass is 10.2. The number of aromatic nitrogens is 1. The van der Waals surface area contributed by atoms with Gasteiger partial charge in [-0.25, -0.2) is 9.78 Å². The number of rotatable bonds is 3. The van der Waals surface area contributed by atoms with Crippen LogP contribution in [0.1, 0.15) is 16.1 Å². The maximum atomic E-state index is 11.3. The summed E-state index contributed by atoms with van der Waals surface area (Å²) in [5, 5.41) is 0.896. The molecule has 0 spiro atoms. The number of ether oxygens (including phenoxy) is 1. The van der Waals surface area contributed by atoms with Gasteiger partial charge in [-0.15, -0.1) is 0 Å². The molecular formula is C10H14N2O2S2. The minimum Gasteiger partial charge on any atom is -0.465 e. The molecule has 4 nitrogen and oxygen atoms in total. The van der Waals surface area contributed by atoms with Crippen molar-refractivity contribution in [2.75, 3.05) is 30.6 Å². The molecule has 1 aliphatic heterocycles. The lowest BCUT2D eigenvalue weighted by Gasteiger charge is -2.22. The highest BCUT2D eigenvalue weighted by atomic mass is 32.2. The van der Waals surface area contributed by atoms with Gasteiger partial charge in [0.25, 0.3) is 0 Å². The summed E-state index contributed by atoms with van der Waals surface area (Å²) < 4.78 is 4.66. The van der Waals surface area contributed by atoms with Crippen molar-refractivity contribution >= 4 is 34.2 Å². The molecule has 88 valence electrons. The van der Waals surface area contributed by atoms with E-state index >= 15 is 0 Å². The SMILES string of the molecule is COC(=O)c1cnc(N(C)C2CCSC2)s1. The van der Waals surface area contributed by atoms with Crippen molar-refractivity contribution in [3.63, 3.8) is 0 Å². The molecule has 1 unspecified atom stereocenters. The van der Waals surface area contributed by atoms with Crippen LogP contribution >= 0.6 is 23.1 Å². The van der Waals surface area contributed by atoms with Crippen molar-refractivity contribution < 1.29 is 9.53 Å². The predicted molar refractivity (Wildman–Crippen MR) is 67.6 cm³/mol. The fourth-order valence-corrected chi connectivity index (χ4v) is 3.74. The van der Waals surface area contributed by atoms with Gasteiger partial charge in [-0.05, 0) is 12.2 Å². The van der Waals surface area contributed by atoms with Gasteiger partial charge in [-0.1, -0.05) is 11.3 Å². The van der Waals surface area contributed by atoms with Crippen LogP contribution in [0.2, 0.25) is 0 Å². The second-order valence-electron chi connectivity index (χ2n) is 3.63. The molecule has 1 aromatic rings.